The number of unbranched alkanes of at least 4 members (excludes halogenated alkanes) is 2. The van der Waals surface area contributed by atoms with Gasteiger partial charge in [0.2, 0.25) is 53.4 Å². The summed E-state index contributed by atoms with van der Waals surface area (Å²) in [7, 11) is 5.84. The second kappa shape index (κ2) is 43.9. The highest BCUT2D eigenvalue weighted by molar-refractivity contribution is 6.13. The summed E-state index contributed by atoms with van der Waals surface area (Å²) in [6.07, 6.45) is -0.896. The fraction of sp³-hybridized carbons (Fsp3) is 0.627. The van der Waals surface area contributed by atoms with Gasteiger partial charge in [-0.25, -0.2) is 9.59 Å². The summed E-state index contributed by atoms with van der Waals surface area (Å²) in [6.45, 7) is 19.1. The Kier molecular flexibility index (Phi) is 36.9. The van der Waals surface area contributed by atoms with Gasteiger partial charge < -0.3 is 82.5 Å². The van der Waals surface area contributed by atoms with E-state index in [1.807, 2.05) is 19.9 Å². The second-order valence-electron chi connectivity index (χ2n) is 28.6. The van der Waals surface area contributed by atoms with Crippen LogP contribution in [-0.2, 0) is 71.7 Å². The molecule has 2 aromatic carbocycles. The number of amides is 14. The third kappa shape index (κ3) is 27.0. The zero-order valence-corrected chi connectivity index (χ0v) is 64.5. The molecule has 0 aromatic heterocycles. The number of nitrogens with zero attached hydrogens (tertiary/aromatic N) is 4. The van der Waals surface area contributed by atoms with Crippen molar-refractivity contribution in [3.8, 4) is 0 Å². The van der Waals surface area contributed by atoms with Crippen LogP contribution in [0.15, 0.2) is 66.7 Å². The Bertz CT molecular complexity index is 3380. The molecule has 32 heteroatoms. The Hall–Kier alpha value is -9.56. The van der Waals surface area contributed by atoms with Crippen LogP contribution in [0.2, 0.25) is 0 Å². The van der Waals surface area contributed by atoms with Crippen molar-refractivity contribution < 1.29 is 91.5 Å². The Morgan fingerprint density at radius 1 is 0.645 bits per heavy atom. The van der Waals surface area contributed by atoms with Crippen molar-refractivity contribution in [3.63, 3.8) is 0 Å². The maximum Gasteiger partial charge on any atom is 0.411 e. The van der Waals surface area contributed by atoms with Gasteiger partial charge in [-0.2, -0.15) is 0 Å². The number of rotatable bonds is 44. The Morgan fingerprint density at radius 2 is 1.25 bits per heavy atom. The number of likely N-dealkylation sites (tertiary alicyclic amines) is 1. The number of likely N-dealkylation sites (N-methyl/N-ethyl adjacent to an activating group) is 2. The number of carbonyl (C=O) groups is 14. The fourth-order valence-electron chi connectivity index (χ4n) is 13.3. The molecular formula is C75H115N13O19. The standard InChI is InChI=1S/C75H115N13O19/c1-16-45(8)63(55(105-14)41-58(92)87-40-24-28-54(87)65(106-15)46(9)67(96)79-47(10)64(95)49-25-19-17-20-26-49)85(12)73(102)61(43(4)5)84-71(100)62(44(6)7)86(13)75(104)107-66(72(101)77-37-21-18-22-39-88-56(90)34-35-57(88)91)50-29-31-51(32-30-50)81-68(97)52(27-23-38-78-74(76)103)82-70(99)60(42(2)3)83-69(98)53(80-48(11)89)33-36-59(93)94/h17,19-20,25-26,29-32,34-35,42-47,52-55,60-66,95H,16,18,21-24,27-28,33,36-41H2,1-15H3,(H,77,101)(H,79,96)(H,80,89)(H,81,97)(H,82,99)(H,83,98)(H,84,100)(H,93,94)(H3,76,78,103)/t45-,46+,47+,52-,53-,54-,55+,60-,61-,62-,63?,64+,65+,66?/m0/s1. The number of methoxy groups -OCH3 is 2. The largest absolute Gasteiger partial charge is 0.481 e. The molecule has 0 aliphatic carbocycles. The maximum absolute atomic E-state index is 15.1. The number of urea groups is 1. The molecule has 14 amide bonds. The number of nitrogens with two attached hydrogens (primary N) is 1. The second-order valence-corrected chi connectivity index (χ2v) is 28.6. The number of aliphatic hydroxyl groups excluding tert-OH is 1. The number of ether oxygens (including phenoxy) is 3. The molecule has 2 aliphatic heterocycles. The SMILES string of the molecule is CC[C@H](C)C([C@@H](CC(=O)N1CCC[C@H]1[C@H](OC)[C@@H](C)C(=O)N[C@H](C)[C@@H](O)c1ccccc1)OC)N(C)C(=O)[C@@H](NC(=O)[C@H](C(C)C)N(C)C(=O)OC(C(=O)NCCCCCN1C(=O)C=CC1=O)c1ccc(NC(=O)[C@H](CCCNC(N)=O)NC(=O)[C@@H](NC(=O)[C@H](CCC(=O)O)NC(C)=O)C(C)C)cc1)C(C)C. The number of imide groups is 1. The number of benzene rings is 2. The molecule has 12 N–H and O–H groups in total. The van der Waals surface area contributed by atoms with Gasteiger partial charge in [0.1, 0.15) is 30.2 Å². The zero-order chi connectivity index (χ0) is 80.1. The molecule has 32 nitrogen and oxygen atoms in total. The van der Waals surface area contributed by atoms with E-state index in [1.165, 1.54) is 62.6 Å². The number of carbonyl (C=O) groups excluding carboxylic acids is 13. The first kappa shape index (κ1) is 89.8. The minimum absolute atomic E-state index is 0.000497. The molecule has 2 unspecified atom stereocenters. The van der Waals surface area contributed by atoms with Gasteiger partial charge in [-0.15, -0.1) is 0 Å². The van der Waals surface area contributed by atoms with Crippen LogP contribution in [0, 0.1) is 29.6 Å². The first-order chi connectivity index (χ1) is 50.5. The van der Waals surface area contributed by atoms with Crippen LogP contribution >= 0.6 is 0 Å². The van der Waals surface area contributed by atoms with E-state index in [9.17, 15) is 72.5 Å². The molecular weight excluding hydrogens is 1390 g/mol. The van der Waals surface area contributed by atoms with Crippen molar-refractivity contribution in [2.45, 2.75) is 220 Å². The van der Waals surface area contributed by atoms with E-state index in [2.05, 4.69) is 42.5 Å². The smallest absolute Gasteiger partial charge is 0.411 e. The summed E-state index contributed by atoms with van der Waals surface area (Å²) in [4.78, 5) is 193. The molecule has 2 aliphatic rings. The number of aliphatic carboxylic acids is 1. The van der Waals surface area contributed by atoms with E-state index >= 15 is 4.79 Å². The van der Waals surface area contributed by atoms with Crippen LogP contribution in [0.1, 0.15) is 170 Å². The van der Waals surface area contributed by atoms with Crippen molar-refractivity contribution in [3.05, 3.63) is 77.9 Å². The van der Waals surface area contributed by atoms with E-state index < -0.39 is 174 Å². The normalized spacial score (nSPS) is 17.2. The van der Waals surface area contributed by atoms with E-state index in [1.54, 1.807) is 91.6 Å². The van der Waals surface area contributed by atoms with Crippen LogP contribution in [0.25, 0.3) is 0 Å². The molecule has 0 spiro atoms. The predicted octanol–water partition coefficient (Wildman–Crippen LogP) is 3.71. The lowest BCUT2D eigenvalue weighted by Gasteiger charge is -2.41. The van der Waals surface area contributed by atoms with Crippen molar-refractivity contribution in [1.82, 2.24) is 56.8 Å². The van der Waals surface area contributed by atoms with Crippen LogP contribution in [0.4, 0.5) is 15.3 Å². The molecule has 0 bridgehead atoms. The molecule has 594 valence electrons. The quantitative estimate of drug-likeness (QED) is 0.0333. The van der Waals surface area contributed by atoms with Crippen LogP contribution in [0.3, 0.4) is 0 Å². The number of carboxylic acid groups (broad SMARTS) is 1. The Morgan fingerprint density at radius 3 is 1.81 bits per heavy atom. The maximum atomic E-state index is 15.1. The number of hydrogen-bond donors (Lipinski definition) is 11. The van der Waals surface area contributed by atoms with E-state index in [0.717, 1.165) is 16.7 Å². The first-order valence-electron chi connectivity index (χ1n) is 36.7. The first-order valence-corrected chi connectivity index (χ1v) is 36.7. The lowest BCUT2D eigenvalue weighted by atomic mass is 9.89. The van der Waals surface area contributed by atoms with Crippen LogP contribution in [0.5, 0.6) is 0 Å². The molecule has 1 saturated heterocycles. The van der Waals surface area contributed by atoms with Gasteiger partial charge in [-0.1, -0.05) is 111 Å². The van der Waals surface area contributed by atoms with Crippen LogP contribution in [-0.4, -0.2) is 228 Å². The highest BCUT2D eigenvalue weighted by Gasteiger charge is 2.45. The molecule has 107 heavy (non-hydrogen) atoms. The summed E-state index contributed by atoms with van der Waals surface area (Å²) in [6, 6.07) is 5.41. The topological polar surface area (TPSA) is 442 Å². The minimum atomic E-state index is -1.71. The molecule has 0 radical (unpaired) electrons. The highest BCUT2D eigenvalue weighted by atomic mass is 16.6. The average molecular weight is 1500 g/mol. The van der Waals surface area contributed by atoms with Gasteiger partial charge >= 0.3 is 18.1 Å². The summed E-state index contributed by atoms with van der Waals surface area (Å²) < 4.78 is 18.1. The minimum Gasteiger partial charge on any atom is -0.481 e. The van der Waals surface area contributed by atoms with E-state index in [0.29, 0.717) is 50.6 Å². The number of nitrogens with one attached hydrogen (secondary N) is 8. The van der Waals surface area contributed by atoms with Gasteiger partial charge in [0.05, 0.1) is 48.8 Å². The summed E-state index contributed by atoms with van der Waals surface area (Å²) in [5.41, 5.74) is 6.12. The molecule has 2 heterocycles. The summed E-state index contributed by atoms with van der Waals surface area (Å²) in [5.74, 6) is -10.6. The van der Waals surface area contributed by atoms with Gasteiger partial charge in [0.25, 0.3) is 17.7 Å². The summed E-state index contributed by atoms with van der Waals surface area (Å²) in [5, 5.41) is 41.6. The number of primary amides is 1. The highest BCUT2D eigenvalue weighted by Crippen LogP contribution is 2.31. The van der Waals surface area contributed by atoms with E-state index in [-0.39, 0.29) is 74.3 Å². The average Bonchev–Trinajstić information content (AvgIpc) is 1.29. The van der Waals surface area contributed by atoms with Gasteiger partial charge in [0, 0.05) is 91.2 Å². The third-order valence-electron chi connectivity index (χ3n) is 19.5. The van der Waals surface area contributed by atoms with Crippen molar-refractivity contribution >= 4 is 88.8 Å². The lowest BCUT2D eigenvalue weighted by Crippen LogP contribution is -2.60. The van der Waals surface area contributed by atoms with Gasteiger partial charge in [0.15, 0.2) is 0 Å². The number of hydrogen-bond acceptors (Lipinski definition) is 18. The van der Waals surface area contributed by atoms with Gasteiger partial charge in [-0.05, 0) is 99.7 Å². The third-order valence-corrected chi connectivity index (χ3v) is 19.5. The van der Waals surface area contributed by atoms with Crippen molar-refractivity contribution in [1.29, 1.82) is 0 Å². The van der Waals surface area contributed by atoms with Crippen molar-refractivity contribution in [2.24, 2.45) is 35.3 Å². The fourth-order valence-corrected chi connectivity index (χ4v) is 13.3. The molecule has 1 fully saturated rings. The Balaban J connectivity index is 1.58. The molecule has 2 aromatic rings. The van der Waals surface area contributed by atoms with Crippen molar-refractivity contribution in [2.75, 3.05) is 59.8 Å². The number of aliphatic hydroxyl groups is 1. The molecule has 4 rings (SSSR count). The molecule has 0 saturated carbocycles. The van der Waals surface area contributed by atoms with E-state index in [4.69, 9.17) is 19.9 Å². The van der Waals surface area contributed by atoms with Gasteiger partial charge in [-0.3, -0.25) is 67.3 Å². The Labute approximate surface area is 627 Å². The number of anilines is 1. The molecule has 14 atom stereocenters. The monoisotopic (exact) mass is 1500 g/mol. The summed E-state index contributed by atoms with van der Waals surface area (Å²) >= 11 is 0. The predicted molar refractivity (Wildman–Crippen MR) is 395 cm³/mol. The number of carboxylic acids is 1. The lowest BCUT2D eigenvalue weighted by molar-refractivity contribution is -0.148. The van der Waals surface area contributed by atoms with Crippen LogP contribution < -0.4 is 48.3 Å². The zero-order valence-electron chi connectivity index (χ0n) is 64.5.